The van der Waals surface area contributed by atoms with Crippen LogP contribution in [0, 0.1) is 5.82 Å². The molecule has 0 radical (unpaired) electrons. The van der Waals surface area contributed by atoms with E-state index in [4.69, 9.17) is 18.6 Å². The molecule has 2 N–H and O–H groups in total. The van der Waals surface area contributed by atoms with E-state index in [9.17, 15) is 14.4 Å². The van der Waals surface area contributed by atoms with Crippen LogP contribution in [0.5, 0.6) is 17.2 Å². The molecule has 4 aromatic carbocycles. The van der Waals surface area contributed by atoms with Crippen molar-refractivity contribution in [2.45, 2.75) is 31.5 Å². The summed E-state index contributed by atoms with van der Waals surface area (Å²) in [5, 5.41) is 5.80. The molecule has 8 rings (SSSR count). The number of fused-ring (bicyclic) bond motifs is 8. The highest BCUT2D eigenvalue weighted by molar-refractivity contribution is 5.96. The molecule has 0 unspecified atom stereocenters. The Labute approximate surface area is 281 Å². The summed E-state index contributed by atoms with van der Waals surface area (Å²) in [5.41, 5.74) is 3.05. The van der Waals surface area contributed by atoms with Gasteiger partial charge in [0.15, 0.2) is 12.2 Å². The number of nitrogens with one attached hydrogen (secondary N) is 2. The van der Waals surface area contributed by atoms with Gasteiger partial charge >= 0.3 is 0 Å². The molecule has 4 heterocycles. The summed E-state index contributed by atoms with van der Waals surface area (Å²) < 4.78 is 38.7. The van der Waals surface area contributed by atoms with Crippen LogP contribution >= 0.6 is 0 Å². The van der Waals surface area contributed by atoms with Crippen molar-refractivity contribution < 1.29 is 37.4 Å². The predicted molar refractivity (Wildman–Crippen MR) is 177 cm³/mol. The quantitative estimate of drug-likeness (QED) is 0.285. The number of carbonyl (C=O) groups excluding carboxylic acids is 3. The van der Waals surface area contributed by atoms with E-state index in [0.717, 1.165) is 5.56 Å². The summed E-state index contributed by atoms with van der Waals surface area (Å²) in [5.74, 6) is -0.233. The summed E-state index contributed by atoms with van der Waals surface area (Å²) in [4.78, 5) is 45.9. The second-order valence-corrected chi connectivity index (χ2v) is 11.9. The first-order valence-corrected chi connectivity index (χ1v) is 15.9. The van der Waals surface area contributed by atoms with Crippen molar-refractivity contribution in [2.24, 2.45) is 0 Å². The Morgan fingerprint density at radius 3 is 2.71 bits per heavy atom. The molecule has 11 nitrogen and oxygen atoms in total. The highest BCUT2D eigenvalue weighted by atomic mass is 19.1. The molecule has 0 saturated carbocycles. The first-order chi connectivity index (χ1) is 23.8. The van der Waals surface area contributed by atoms with Crippen LogP contribution in [0.4, 0.5) is 4.39 Å². The van der Waals surface area contributed by atoms with Crippen LogP contribution < -0.4 is 24.8 Å². The number of benzene rings is 4. The summed E-state index contributed by atoms with van der Waals surface area (Å²) >= 11 is 0. The van der Waals surface area contributed by atoms with E-state index >= 15 is 4.39 Å². The number of hydrogen-bond donors (Lipinski definition) is 2. The second kappa shape index (κ2) is 13.7. The van der Waals surface area contributed by atoms with Crippen LogP contribution in [0.15, 0.2) is 89.3 Å². The first kappa shape index (κ1) is 31.7. The standard InChI is InChI=1S/C37H33FN4O7/c1-46-33-17-26-11-9-24(33)19-39-34(43)21-47-25-6-4-5-22(15-25)23-10-12-28(38)27(16-23)37(45)41-30-20-42(14-13-32(30)48-26)36(44)18-35-40-29-7-2-3-8-31(29)49-35/h2-12,15-17,30,32H,13-14,18-21H2,1H3,(H,39,43)(H,41,45)/t30-,32+/m1/s1. The molecule has 6 bridgehead atoms. The number of para-hydroxylation sites is 2. The molecule has 1 saturated heterocycles. The highest BCUT2D eigenvalue weighted by Crippen LogP contribution is 2.29. The Morgan fingerprint density at radius 1 is 1.00 bits per heavy atom. The number of methoxy groups -OCH3 is 1. The van der Waals surface area contributed by atoms with Crippen LogP contribution in [0.1, 0.15) is 28.2 Å². The number of aromatic nitrogens is 1. The van der Waals surface area contributed by atoms with Gasteiger partial charge in [0.1, 0.15) is 41.1 Å². The number of carbonyl (C=O) groups is 3. The maximum atomic E-state index is 15.2. The van der Waals surface area contributed by atoms with Gasteiger partial charge in [-0.3, -0.25) is 14.4 Å². The fraction of sp³-hybridized carbons (Fsp3) is 0.243. The molecule has 0 aliphatic carbocycles. The molecule has 1 aromatic heterocycles. The lowest BCUT2D eigenvalue weighted by Crippen LogP contribution is -2.58. The molecule has 12 heteroatoms. The van der Waals surface area contributed by atoms with Crippen LogP contribution in [0.2, 0.25) is 0 Å². The predicted octanol–water partition coefficient (Wildman–Crippen LogP) is 4.67. The molecule has 49 heavy (non-hydrogen) atoms. The lowest BCUT2D eigenvalue weighted by atomic mass is 9.99. The Balaban J connectivity index is 1.20. The van der Waals surface area contributed by atoms with Gasteiger partial charge in [-0.05, 0) is 59.7 Å². The average molecular weight is 665 g/mol. The minimum atomic E-state index is -0.704. The van der Waals surface area contributed by atoms with Gasteiger partial charge in [0.2, 0.25) is 11.8 Å². The molecule has 250 valence electrons. The lowest BCUT2D eigenvalue weighted by molar-refractivity contribution is -0.133. The number of oxazole rings is 1. The highest BCUT2D eigenvalue weighted by Gasteiger charge is 2.35. The third kappa shape index (κ3) is 7.03. The van der Waals surface area contributed by atoms with E-state index < -0.39 is 23.9 Å². The fourth-order valence-electron chi connectivity index (χ4n) is 6.08. The minimum Gasteiger partial charge on any atom is -0.496 e. The van der Waals surface area contributed by atoms with E-state index in [1.807, 2.05) is 18.2 Å². The zero-order chi connectivity index (χ0) is 33.9. The maximum absolute atomic E-state index is 15.2. The van der Waals surface area contributed by atoms with Gasteiger partial charge in [-0.2, -0.15) is 0 Å². The fourth-order valence-corrected chi connectivity index (χ4v) is 6.08. The molecule has 5 aromatic rings. The van der Waals surface area contributed by atoms with E-state index in [1.165, 1.54) is 19.2 Å². The van der Waals surface area contributed by atoms with Crippen molar-refractivity contribution in [3.8, 4) is 28.4 Å². The van der Waals surface area contributed by atoms with Crippen LogP contribution in [0.25, 0.3) is 22.2 Å². The van der Waals surface area contributed by atoms with Gasteiger partial charge in [-0.1, -0.05) is 30.3 Å². The second-order valence-electron chi connectivity index (χ2n) is 11.9. The van der Waals surface area contributed by atoms with Gasteiger partial charge in [-0.15, -0.1) is 0 Å². The minimum absolute atomic E-state index is 0.0600. The van der Waals surface area contributed by atoms with Gasteiger partial charge in [0.05, 0.1) is 18.7 Å². The average Bonchev–Trinajstić information content (AvgIpc) is 3.53. The molecule has 3 aliphatic heterocycles. The van der Waals surface area contributed by atoms with Crippen molar-refractivity contribution in [3.05, 3.63) is 108 Å². The number of ether oxygens (including phenoxy) is 3. The molecular formula is C37H33FN4O7. The molecule has 2 atom stereocenters. The zero-order valence-corrected chi connectivity index (χ0v) is 26.6. The van der Waals surface area contributed by atoms with Crippen molar-refractivity contribution in [1.82, 2.24) is 20.5 Å². The van der Waals surface area contributed by atoms with Crippen molar-refractivity contribution in [1.29, 1.82) is 0 Å². The summed E-state index contributed by atoms with van der Waals surface area (Å²) in [6.07, 6.45) is -0.256. The third-order valence-corrected chi connectivity index (χ3v) is 8.63. The number of piperidine rings is 1. The van der Waals surface area contributed by atoms with E-state index in [0.29, 0.717) is 58.3 Å². The Hall–Kier alpha value is -5.91. The number of amides is 3. The number of likely N-dealkylation sites (tertiary alicyclic amines) is 1. The van der Waals surface area contributed by atoms with Crippen molar-refractivity contribution in [3.63, 3.8) is 0 Å². The van der Waals surface area contributed by atoms with Gasteiger partial charge in [0, 0.05) is 37.7 Å². The van der Waals surface area contributed by atoms with Gasteiger partial charge in [-0.25, -0.2) is 9.37 Å². The topological polar surface area (TPSA) is 132 Å². The molecular weight excluding hydrogens is 631 g/mol. The summed E-state index contributed by atoms with van der Waals surface area (Å²) in [6.45, 7) is 0.432. The number of hydrogen-bond acceptors (Lipinski definition) is 8. The summed E-state index contributed by atoms with van der Waals surface area (Å²) in [6, 6.07) is 23.0. The first-order valence-electron chi connectivity index (χ1n) is 15.9. The Kier molecular flexibility index (Phi) is 8.84. The lowest BCUT2D eigenvalue weighted by Gasteiger charge is -2.39. The van der Waals surface area contributed by atoms with E-state index in [1.54, 1.807) is 59.5 Å². The number of halogens is 1. The Bertz CT molecular complexity index is 2010. The zero-order valence-electron chi connectivity index (χ0n) is 26.6. The van der Waals surface area contributed by atoms with E-state index in [2.05, 4.69) is 15.6 Å². The molecule has 3 aliphatic rings. The van der Waals surface area contributed by atoms with Crippen LogP contribution in [-0.2, 0) is 22.6 Å². The van der Waals surface area contributed by atoms with Crippen LogP contribution in [0.3, 0.4) is 0 Å². The number of rotatable bonds is 3. The molecule has 3 amide bonds. The number of nitrogens with zero attached hydrogens (tertiary/aromatic N) is 2. The monoisotopic (exact) mass is 664 g/mol. The van der Waals surface area contributed by atoms with Crippen molar-refractivity contribution >= 4 is 28.8 Å². The van der Waals surface area contributed by atoms with Crippen LogP contribution in [-0.4, -0.2) is 66.6 Å². The largest absolute Gasteiger partial charge is 0.496 e. The SMILES string of the molecule is COc1cc2ccc1CNC(=O)COc1cccc(c1)-c1ccc(F)c(c1)C(=O)N[C@@H]1CN(C(=O)Cc3nc4ccccc4o3)CC[C@@H]1O2. The van der Waals surface area contributed by atoms with Gasteiger partial charge < -0.3 is 34.2 Å². The van der Waals surface area contributed by atoms with Crippen molar-refractivity contribution in [2.75, 3.05) is 26.8 Å². The third-order valence-electron chi connectivity index (χ3n) is 8.63. The smallest absolute Gasteiger partial charge is 0.258 e. The molecule has 0 spiro atoms. The normalized spacial score (nSPS) is 18.0. The Morgan fingerprint density at radius 2 is 1.86 bits per heavy atom. The van der Waals surface area contributed by atoms with E-state index in [-0.39, 0.29) is 43.5 Å². The molecule has 1 fully saturated rings. The van der Waals surface area contributed by atoms with Gasteiger partial charge in [0.25, 0.3) is 11.8 Å². The maximum Gasteiger partial charge on any atom is 0.258 e. The summed E-state index contributed by atoms with van der Waals surface area (Å²) in [7, 11) is 1.52.